The van der Waals surface area contributed by atoms with Crippen LogP contribution in [0.5, 0.6) is 0 Å². The van der Waals surface area contributed by atoms with Gasteiger partial charge in [-0.15, -0.1) is 0 Å². The summed E-state index contributed by atoms with van der Waals surface area (Å²) in [4.78, 5) is -2.04. The molecule has 0 unspecified atom stereocenters. The molecule has 0 saturated carbocycles. The van der Waals surface area contributed by atoms with E-state index in [1.165, 1.54) is 36.4 Å². The van der Waals surface area contributed by atoms with Crippen molar-refractivity contribution in [2.45, 2.75) is 18.0 Å². The van der Waals surface area contributed by atoms with Crippen LogP contribution < -0.4 is 0 Å². The number of alkyl halides is 3. The van der Waals surface area contributed by atoms with Crippen LogP contribution in [0.4, 0.5) is 13.2 Å². The molecule has 7 heteroatoms. The molecule has 0 fully saturated rings. The van der Waals surface area contributed by atoms with E-state index >= 15 is 0 Å². The second-order valence-corrected chi connectivity index (χ2v) is 7.23. The van der Waals surface area contributed by atoms with Crippen LogP contribution in [0.2, 0.25) is 5.02 Å². The third-order valence-electron chi connectivity index (χ3n) is 3.05. The molecule has 0 radical (unpaired) electrons. The smallest absolute Gasteiger partial charge is 0.219 e. The molecule has 0 N–H and O–H groups in total. The Balaban J connectivity index is 2.62. The molecule has 0 spiro atoms. The van der Waals surface area contributed by atoms with E-state index in [0.717, 1.165) is 17.7 Å². The highest BCUT2D eigenvalue weighted by atomic mass is 35.5. The van der Waals surface area contributed by atoms with Crippen LogP contribution in [0.25, 0.3) is 6.08 Å². The van der Waals surface area contributed by atoms with Crippen LogP contribution in [0.1, 0.15) is 11.1 Å². The van der Waals surface area contributed by atoms with Gasteiger partial charge in [0.1, 0.15) is 0 Å². The maximum atomic E-state index is 13.3. The molecule has 0 atom stereocenters. The van der Waals surface area contributed by atoms with Crippen molar-refractivity contribution in [3.05, 3.63) is 69.6 Å². The van der Waals surface area contributed by atoms with Crippen molar-refractivity contribution in [2.24, 2.45) is 0 Å². The molecule has 0 aliphatic rings. The van der Waals surface area contributed by atoms with Gasteiger partial charge in [0.05, 0.1) is 4.90 Å². The van der Waals surface area contributed by atoms with Crippen LogP contribution in [0, 0.1) is 6.92 Å². The second kappa shape index (κ2) is 6.37. The molecular weight excluding hydrogens is 349 g/mol. The zero-order chi connectivity index (χ0) is 17.3. The number of benzene rings is 2. The van der Waals surface area contributed by atoms with E-state index in [4.69, 9.17) is 11.6 Å². The normalized spacial score (nSPS) is 13.2. The molecule has 0 saturated heterocycles. The van der Waals surface area contributed by atoms with Crippen LogP contribution in [-0.4, -0.2) is 14.6 Å². The van der Waals surface area contributed by atoms with Crippen LogP contribution in [-0.2, 0) is 9.84 Å². The van der Waals surface area contributed by atoms with E-state index in [0.29, 0.717) is 6.08 Å². The van der Waals surface area contributed by atoms with Gasteiger partial charge in [-0.1, -0.05) is 41.4 Å². The predicted molar refractivity (Wildman–Crippen MR) is 83.8 cm³/mol. The number of aryl methyl sites for hydroxylation is 1. The lowest BCUT2D eigenvalue weighted by atomic mass is 10.2. The van der Waals surface area contributed by atoms with Gasteiger partial charge < -0.3 is 0 Å². The van der Waals surface area contributed by atoms with Gasteiger partial charge in [0.2, 0.25) is 9.84 Å². The minimum Gasteiger partial charge on any atom is -0.219 e. The number of hydrogen-bond acceptors (Lipinski definition) is 2. The van der Waals surface area contributed by atoms with Crippen molar-refractivity contribution in [3.63, 3.8) is 0 Å². The topological polar surface area (TPSA) is 34.1 Å². The highest BCUT2D eigenvalue weighted by Gasteiger charge is 2.43. The monoisotopic (exact) mass is 360 g/mol. The number of rotatable bonds is 3. The average molecular weight is 361 g/mol. The standard InChI is InChI=1S/C16H12ClF3O2S/c1-11-5-7-14(8-6-11)23(21,22)15(16(18,19)20)10-12-3-2-4-13(17)9-12/h2-10H,1H3/b15-10+. The van der Waals surface area contributed by atoms with Gasteiger partial charge in [0, 0.05) is 5.02 Å². The first kappa shape index (κ1) is 17.6. The lowest BCUT2D eigenvalue weighted by Crippen LogP contribution is -2.20. The molecule has 2 aromatic carbocycles. The molecule has 0 heterocycles. The number of sulfone groups is 1. The summed E-state index contributed by atoms with van der Waals surface area (Å²) in [6, 6.07) is 10.7. The number of allylic oxidation sites excluding steroid dienone is 1. The maximum absolute atomic E-state index is 13.3. The highest BCUT2D eigenvalue weighted by Crippen LogP contribution is 2.35. The quantitative estimate of drug-likeness (QED) is 0.769. The zero-order valence-electron chi connectivity index (χ0n) is 11.9. The maximum Gasteiger partial charge on any atom is 0.427 e. The Morgan fingerprint density at radius 3 is 2.22 bits per heavy atom. The molecule has 122 valence electrons. The first-order valence-corrected chi connectivity index (χ1v) is 8.33. The molecule has 0 bridgehead atoms. The zero-order valence-corrected chi connectivity index (χ0v) is 13.5. The van der Waals surface area contributed by atoms with Crippen LogP contribution in [0.15, 0.2) is 58.3 Å². The summed E-state index contributed by atoms with van der Waals surface area (Å²) < 4.78 is 64.6. The van der Waals surface area contributed by atoms with E-state index in [9.17, 15) is 21.6 Å². The van der Waals surface area contributed by atoms with Crippen molar-refractivity contribution >= 4 is 27.5 Å². The molecule has 23 heavy (non-hydrogen) atoms. The fourth-order valence-electron chi connectivity index (χ4n) is 1.90. The minimum atomic E-state index is -5.02. The number of hydrogen-bond donors (Lipinski definition) is 0. The Bertz CT molecular complexity index is 838. The third kappa shape index (κ3) is 4.14. The van der Waals surface area contributed by atoms with Crippen molar-refractivity contribution in [1.29, 1.82) is 0 Å². The first-order chi connectivity index (χ1) is 10.6. The summed E-state index contributed by atoms with van der Waals surface area (Å²) in [7, 11) is -4.69. The van der Waals surface area contributed by atoms with Gasteiger partial charge in [-0.25, -0.2) is 8.42 Å². The Labute approximate surface area is 137 Å². The largest absolute Gasteiger partial charge is 0.427 e. The van der Waals surface area contributed by atoms with E-state index in [-0.39, 0.29) is 10.6 Å². The van der Waals surface area contributed by atoms with Gasteiger partial charge in [0.25, 0.3) is 0 Å². The van der Waals surface area contributed by atoms with Gasteiger partial charge in [-0.3, -0.25) is 0 Å². The predicted octanol–water partition coefficient (Wildman–Crippen LogP) is 5.03. The Morgan fingerprint density at radius 1 is 1.09 bits per heavy atom. The molecular formula is C16H12ClF3O2S. The summed E-state index contributed by atoms with van der Waals surface area (Å²) in [5, 5.41) is 0.216. The second-order valence-electron chi connectivity index (χ2n) is 4.88. The highest BCUT2D eigenvalue weighted by molar-refractivity contribution is 7.95. The summed E-state index contributed by atoms with van der Waals surface area (Å²) in [6.45, 7) is 1.71. The lowest BCUT2D eigenvalue weighted by Gasteiger charge is -2.13. The fraction of sp³-hybridized carbons (Fsp3) is 0.125. The van der Waals surface area contributed by atoms with Gasteiger partial charge >= 0.3 is 6.18 Å². The van der Waals surface area contributed by atoms with Gasteiger partial charge in [0.15, 0.2) is 4.91 Å². The summed E-state index contributed by atoms with van der Waals surface area (Å²) in [5.74, 6) is 0. The van der Waals surface area contributed by atoms with Crippen molar-refractivity contribution in [1.82, 2.24) is 0 Å². The molecule has 2 aromatic rings. The van der Waals surface area contributed by atoms with E-state index in [1.54, 1.807) is 6.92 Å². The Kier molecular flexibility index (Phi) is 4.87. The SMILES string of the molecule is Cc1ccc(S(=O)(=O)/C(=C/c2cccc(Cl)c2)C(F)(F)F)cc1. The fourth-order valence-corrected chi connectivity index (χ4v) is 3.45. The number of halogens is 4. The molecule has 0 aliphatic heterocycles. The first-order valence-electron chi connectivity index (χ1n) is 6.47. The van der Waals surface area contributed by atoms with E-state index in [1.807, 2.05) is 0 Å². The molecule has 0 aromatic heterocycles. The van der Waals surface area contributed by atoms with Crippen molar-refractivity contribution in [3.8, 4) is 0 Å². The van der Waals surface area contributed by atoms with E-state index < -0.39 is 25.8 Å². The van der Waals surface area contributed by atoms with Crippen LogP contribution in [0.3, 0.4) is 0 Å². The summed E-state index contributed by atoms with van der Waals surface area (Å²) in [6.07, 6.45) is -4.44. The van der Waals surface area contributed by atoms with Crippen LogP contribution >= 0.6 is 11.6 Å². The third-order valence-corrected chi connectivity index (χ3v) is 5.10. The minimum absolute atomic E-state index is 0.0560. The van der Waals surface area contributed by atoms with Crippen molar-refractivity contribution < 1.29 is 21.6 Å². The van der Waals surface area contributed by atoms with Gasteiger partial charge in [-0.2, -0.15) is 13.2 Å². The molecule has 2 rings (SSSR count). The Hall–Kier alpha value is -1.79. The summed E-state index contributed by atoms with van der Waals surface area (Å²) >= 11 is 5.73. The summed E-state index contributed by atoms with van der Waals surface area (Å²) in [5.41, 5.74) is 0.803. The van der Waals surface area contributed by atoms with Gasteiger partial charge in [-0.05, 0) is 42.8 Å². The average Bonchev–Trinajstić information content (AvgIpc) is 2.44. The Morgan fingerprint density at radius 2 is 1.70 bits per heavy atom. The molecule has 0 aliphatic carbocycles. The molecule has 2 nitrogen and oxygen atoms in total. The molecule has 0 amide bonds. The van der Waals surface area contributed by atoms with E-state index in [2.05, 4.69) is 0 Å². The van der Waals surface area contributed by atoms with Crippen molar-refractivity contribution in [2.75, 3.05) is 0 Å². The lowest BCUT2D eigenvalue weighted by molar-refractivity contribution is -0.0836.